The van der Waals surface area contributed by atoms with Crippen molar-refractivity contribution in [1.82, 2.24) is 15.3 Å². The molecule has 0 radical (unpaired) electrons. The molecule has 0 unspecified atom stereocenters. The smallest absolute Gasteiger partial charge is 0.179 e. The Bertz CT molecular complexity index is 324. The van der Waals surface area contributed by atoms with Crippen molar-refractivity contribution in [2.24, 2.45) is 0 Å². The van der Waals surface area contributed by atoms with Gasteiger partial charge in [-0.3, -0.25) is 0 Å². The number of ether oxygens (including phenoxy) is 1. The SMILES string of the molecule is COc1cncnc1NC1(C)CNC1. The van der Waals surface area contributed by atoms with Crippen LogP contribution in [-0.4, -0.2) is 35.7 Å². The highest BCUT2D eigenvalue weighted by atomic mass is 16.5. The van der Waals surface area contributed by atoms with Crippen molar-refractivity contribution >= 4 is 5.82 Å². The summed E-state index contributed by atoms with van der Waals surface area (Å²) in [7, 11) is 1.62. The van der Waals surface area contributed by atoms with Crippen LogP contribution in [0.2, 0.25) is 0 Å². The van der Waals surface area contributed by atoms with Gasteiger partial charge in [-0.2, -0.15) is 0 Å². The number of hydrogen-bond donors (Lipinski definition) is 2. The van der Waals surface area contributed by atoms with Crippen LogP contribution >= 0.6 is 0 Å². The second-order valence-electron chi connectivity index (χ2n) is 3.73. The quantitative estimate of drug-likeness (QED) is 0.722. The van der Waals surface area contributed by atoms with E-state index in [9.17, 15) is 0 Å². The molecule has 5 nitrogen and oxygen atoms in total. The van der Waals surface area contributed by atoms with E-state index in [4.69, 9.17) is 4.74 Å². The second kappa shape index (κ2) is 3.42. The van der Waals surface area contributed by atoms with Gasteiger partial charge in [0.15, 0.2) is 11.6 Å². The van der Waals surface area contributed by atoms with Crippen LogP contribution in [0.15, 0.2) is 12.5 Å². The molecule has 0 spiro atoms. The number of rotatable bonds is 3. The van der Waals surface area contributed by atoms with Gasteiger partial charge in [-0.15, -0.1) is 0 Å². The minimum atomic E-state index is 0.0850. The Morgan fingerprint density at radius 3 is 2.93 bits per heavy atom. The number of nitrogens with zero attached hydrogens (tertiary/aromatic N) is 2. The van der Waals surface area contributed by atoms with E-state index in [0.717, 1.165) is 18.9 Å². The molecule has 0 amide bonds. The van der Waals surface area contributed by atoms with Crippen LogP contribution in [0.4, 0.5) is 5.82 Å². The Labute approximate surface area is 82.9 Å². The highest BCUT2D eigenvalue weighted by Crippen LogP contribution is 2.24. The maximum absolute atomic E-state index is 5.15. The summed E-state index contributed by atoms with van der Waals surface area (Å²) in [5, 5.41) is 6.55. The molecule has 0 aromatic carbocycles. The molecule has 2 heterocycles. The van der Waals surface area contributed by atoms with Crippen LogP contribution in [0.5, 0.6) is 5.75 Å². The van der Waals surface area contributed by atoms with Gasteiger partial charge in [0.05, 0.1) is 18.8 Å². The van der Waals surface area contributed by atoms with Gasteiger partial charge in [-0.1, -0.05) is 0 Å². The lowest BCUT2D eigenvalue weighted by Crippen LogP contribution is -2.62. The van der Waals surface area contributed by atoms with Gasteiger partial charge >= 0.3 is 0 Å². The summed E-state index contributed by atoms with van der Waals surface area (Å²) < 4.78 is 5.15. The van der Waals surface area contributed by atoms with E-state index in [1.807, 2.05) is 0 Å². The van der Waals surface area contributed by atoms with E-state index in [-0.39, 0.29) is 5.54 Å². The third kappa shape index (κ3) is 1.63. The second-order valence-corrected chi connectivity index (χ2v) is 3.73. The Kier molecular flexibility index (Phi) is 2.25. The molecule has 2 rings (SSSR count). The summed E-state index contributed by atoms with van der Waals surface area (Å²) in [6.07, 6.45) is 3.17. The zero-order valence-corrected chi connectivity index (χ0v) is 8.37. The Morgan fingerprint density at radius 2 is 2.36 bits per heavy atom. The first-order valence-electron chi connectivity index (χ1n) is 4.56. The van der Waals surface area contributed by atoms with E-state index in [1.165, 1.54) is 6.33 Å². The molecule has 1 aliphatic rings. The highest BCUT2D eigenvalue weighted by molar-refractivity contribution is 5.50. The fraction of sp³-hybridized carbons (Fsp3) is 0.556. The molecule has 1 aliphatic heterocycles. The molecule has 76 valence electrons. The molecule has 1 aromatic heterocycles. The van der Waals surface area contributed by atoms with E-state index >= 15 is 0 Å². The zero-order valence-electron chi connectivity index (χ0n) is 8.37. The predicted molar refractivity (Wildman–Crippen MR) is 53.5 cm³/mol. The largest absolute Gasteiger partial charge is 0.491 e. The highest BCUT2D eigenvalue weighted by Gasteiger charge is 2.32. The van der Waals surface area contributed by atoms with Crippen LogP contribution in [-0.2, 0) is 0 Å². The molecular weight excluding hydrogens is 180 g/mol. The van der Waals surface area contributed by atoms with Crippen molar-refractivity contribution in [3.8, 4) is 5.75 Å². The minimum Gasteiger partial charge on any atom is -0.491 e. The van der Waals surface area contributed by atoms with Crippen molar-refractivity contribution < 1.29 is 4.74 Å². The van der Waals surface area contributed by atoms with E-state index in [0.29, 0.717) is 5.75 Å². The maximum atomic E-state index is 5.15. The van der Waals surface area contributed by atoms with Crippen molar-refractivity contribution in [3.63, 3.8) is 0 Å². The molecule has 1 fully saturated rings. The number of anilines is 1. The number of hydrogen-bond acceptors (Lipinski definition) is 5. The van der Waals surface area contributed by atoms with Crippen molar-refractivity contribution in [3.05, 3.63) is 12.5 Å². The van der Waals surface area contributed by atoms with Gasteiger partial charge in [0.2, 0.25) is 0 Å². The minimum absolute atomic E-state index is 0.0850. The predicted octanol–water partition coefficient (Wildman–Crippen LogP) is 0.259. The zero-order chi connectivity index (χ0) is 10.0. The van der Waals surface area contributed by atoms with Crippen LogP contribution in [0.25, 0.3) is 0 Å². The lowest BCUT2D eigenvalue weighted by atomic mass is 9.95. The molecule has 5 heteroatoms. The van der Waals surface area contributed by atoms with E-state index in [2.05, 4.69) is 27.5 Å². The van der Waals surface area contributed by atoms with Gasteiger partial charge in [-0.05, 0) is 6.92 Å². The van der Waals surface area contributed by atoms with Gasteiger partial charge in [0.25, 0.3) is 0 Å². The maximum Gasteiger partial charge on any atom is 0.179 e. The number of aromatic nitrogens is 2. The van der Waals surface area contributed by atoms with Crippen LogP contribution in [0.1, 0.15) is 6.92 Å². The number of nitrogens with one attached hydrogen (secondary N) is 2. The van der Waals surface area contributed by atoms with E-state index < -0.39 is 0 Å². The lowest BCUT2D eigenvalue weighted by Gasteiger charge is -2.40. The van der Waals surface area contributed by atoms with Gasteiger partial charge < -0.3 is 15.4 Å². The third-order valence-corrected chi connectivity index (χ3v) is 2.35. The average Bonchev–Trinajstić information content (AvgIpc) is 2.16. The molecule has 0 aliphatic carbocycles. The molecule has 2 N–H and O–H groups in total. The van der Waals surface area contributed by atoms with Crippen molar-refractivity contribution in [2.75, 3.05) is 25.5 Å². The van der Waals surface area contributed by atoms with Crippen LogP contribution < -0.4 is 15.4 Å². The topological polar surface area (TPSA) is 59.1 Å². The van der Waals surface area contributed by atoms with Crippen molar-refractivity contribution in [2.45, 2.75) is 12.5 Å². The average molecular weight is 194 g/mol. The molecule has 0 saturated carbocycles. The lowest BCUT2D eigenvalue weighted by molar-refractivity contribution is 0.334. The molecule has 1 saturated heterocycles. The summed E-state index contributed by atoms with van der Waals surface area (Å²) in [5.74, 6) is 1.44. The Morgan fingerprint density at radius 1 is 1.57 bits per heavy atom. The number of methoxy groups -OCH3 is 1. The summed E-state index contributed by atoms with van der Waals surface area (Å²) >= 11 is 0. The third-order valence-electron chi connectivity index (χ3n) is 2.35. The molecule has 14 heavy (non-hydrogen) atoms. The first-order chi connectivity index (χ1) is 6.73. The first kappa shape index (κ1) is 9.21. The summed E-state index contributed by atoms with van der Waals surface area (Å²) in [6.45, 7) is 4.03. The fourth-order valence-corrected chi connectivity index (χ4v) is 1.43. The first-order valence-corrected chi connectivity index (χ1v) is 4.56. The summed E-state index contributed by atoms with van der Waals surface area (Å²) in [6, 6.07) is 0. The standard InChI is InChI=1S/C9H14N4O/c1-9(4-11-5-9)13-8-7(14-2)3-10-6-12-8/h3,6,11H,4-5H2,1-2H3,(H,10,12,13). The van der Waals surface area contributed by atoms with Gasteiger partial charge in [-0.25, -0.2) is 9.97 Å². The van der Waals surface area contributed by atoms with Gasteiger partial charge in [0, 0.05) is 13.1 Å². The Hall–Kier alpha value is -1.36. The monoisotopic (exact) mass is 194 g/mol. The van der Waals surface area contributed by atoms with Gasteiger partial charge in [0.1, 0.15) is 6.33 Å². The van der Waals surface area contributed by atoms with E-state index in [1.54, 1.807) is 13.3 Å². The van der Waals surface area contributed by atoms with Crippen LogP contribution in [0.3, 0.4) is 0 Å². The Balaban J connectivity index is 2.15. The molecule has 0 atom stereocenters. The van der Waals surface area contributed by atoms with Crippen LogP contribution in [0, 0.1) is 0 Å². The molecule has 0 bridgehead atoms. The fourth-order valence-electron chi connectivity index (χ4n) is 1.43. The molecular formula is C9H14N4O. The summed E-state index contributed by atoms with van der Waals surface area (Å²) in [5.41, 5.74) is 0.0850. The molecule has 1 aromatic rings. The van der Waals surface area contributed by atoms with Crippen molar-refractivity contribution in [1.29, 1.82) is 0 Å². The normalized spacial score (nSPS) is 18.4. The summed E-state index contributed by atoms with van der Waals surface area (Å²) in [4.78, 5) is 8.04.